The third kappa shape index (κ3) is 5.02. The van der Waals surface area contributed by atoms with E-state index in [4.69, 9.17) is 4.74 Å². The predicted octanol–water partition coefficient (Wildman–Crippen LogP) is 3.42. The van der Waals surface area contributed by atoms with E-state index in [1.807, 2.05) is 49.2 Å². The number of hydrogen-bond acceptors (Lipinski definition) is 7. The average Bonchev–Trinajstić information content (AvgIpc) is 3.32. The molecule has 4 rings (SSSR count). The summed E-state index contributed by atoms with van der Waals surface area (Å²) in [6.07, 6.45) is 6.67. The lowest BCUT2D eigenvalue weighted by Crippen LogP contribution is -2.56. The van der Waals surface area contributed by atoms with Crippen LogP contribution >= 0.6 is 0 Å². The van der Waals surface area contributed by atoms with Crippen LogP contribution in [0.4, 0.5) is 0 Å². The van der Waals surface area contributed by atoms with Crippen LogP contribution in [0.3, 0.4) is 0 Å². The second-order valence-electron chi connectivity index (χ2n) is 10.2. The SMILES string of the molecule is CCOC(=O)C1=NN[C@@H](C(=O)N2C(=O)CC(C)(C)N2Cc2ccccc2)[C@@H]1CC1CCCCC1. The predicted molar refractivity (Wildman–Crippen MR) is 128 cm³/mol. The summed E-state index contributed by atoms with van der Waals surface area (Å²) in [5.41, 5.74) is 3.69. The van der Waals surface area contributed by atoms with Crippen LogP contribution in [-0.2, 0) is 25.7 Å². The first-order valence-corrected chi connectivity index (χ1v) is 12.5. The van der Waals surface area contributed by atoms with E-state index in [2.05, 4.69) is 10.5 Å². The van der Waals surface area contributed by atoms with Crippen LogP contribution in [0.25, 0.3) is 0 Å². The molecule has 0 radical (unpaired) electrons. The summed E-state index contributed by atoms with van der Waals surface area (Å²) in [7, 11) is 0. The highest BCUT2D eigenvalue weighted by Crippen LogP contribution is 2.36. The summed E-state index contributed by atoms with van der Waals surface area (Å²) in [5.74, 6) is -1.05. The molecule has 1 N–H and O–H groups in total. The Kier molecular flexibility index (Phi) is 7.36. The smallest absolute Gasteiger partial charge is 0.354 e. The standard InChI is InChI=1S/C26H36N4O4/c1-4-34-25(33)23-20(15-18-11-7-5-8-12-18)22(27-28-23)24(32)30-21(31)16-26(2,3)29(30)17-19-13-9-6-10-14-19/h6,9-10,13-14,18,20,22,27H,4-5,7-8,11-12,15-17H2,1-3H3/t20-,22+/m0/s1. The lowest BCUT2D eigenvalue weighted by atomic mass is 9.79. The lowest BCUT2D eigenvalue weighted by molar-refractivity contribution is -0.163. The van der Waals surface area contributed by atoms with Gasteiger partial charge in [0, 0.05) is 24.4 Å². The molecular weight excluding hydrogens is 432 g/mol. The van der Waals surface area contributed by atoms with Gasteiger partial charge in [0.25, 0.3) is 5.91 Å². The molecule has 0 bridgehead atoms. The molecular formula is C26H36N4O4. The minimum Gasteiger partial charge on any atom is -0.461 e. The van der Waals surface area contributed by atoms with Crippen molar-refractivity contribution in [3.05, 3.63) is 35.9 Å². The molecule has 2 atom stereocenters. The van der Waals surface area contributed by atoms with E-state index in [9.17, 15) is 14.4 Å². The molecule has 2 fully saturated rings. The molecule has 8 nitrogen and oxygen atoms in total. The average molecular weight is 469 g/mol. The minimum absolute atomic E-state index is 0.228. The Morgan fingerprint density at radius 2 is 1.85 bits per heavy atom. The van der Waals surface area contributed by atoms with Crippen LogP contribution in [0.1, 0.15) is 71.3 Å². The zero-order valence-corrected chi connectivity index (χ0v) is 20.5. The molecule has 34 heavy (non-hydrogen) atoms. The number of rotatable bonds is 7. The Bertz CT molecular complexity index is 939. The van der Waals surface area contributed by atoms with Gasteiger partial charge < -0.3 is 4.74 Å². The van der Waals surface area contributed by atoms with Crippen molar-refractivity contribution in [2.75, 3.05) is 6.61 Å². The molecule has 2 aliphatic heterocycles. The lowest BCUT2D eigenvalue weighted by Gasteiger charge is -2.37. The molecule has 1 saturated heterocycles. The van der Waals surface area contributed by atoms with Crippen LogP contribution in [0.5, 0.6) is 0 Å². The number of nitrogens with zero attached hydrogens (tertiary/aromatic N) is 3. The zero-order valence-electron chi connectivity index (χ0n) is 20.5. The Labute approximate surface area is 201 Å². The van der Waals surface area contributed by atoms with E-state index in [1.165, 1.54) is 24.3 Å². The maximum Gasteiger partial charge on any atom is 0.354 e. The number of hydrazine groups is 1. The molecule has 0 unspecified atom stereocenters. The van der Waals surface area contributed by atoms with Gasteiger partial charge in [0.15, 0.2) is 5.71 Å². The number of carbonyl (C=O) groups excluding carboxylic acids is 3. The summed E-state index contributed by atoms with van der Waals surface area (Å²) < 4.78 is 5.24. The number of nitrogens with one attached hydrogen (secondary N) is 1. The van der Waals surface area contributed by atoms with Gasteiger partial charge in [-0.15, -0.1) is 0 Å². The Morgan fingerprint density at radius 3 is 2.53 bits per heavy atom. The minimum atomic E-state index is -0.766. The molecule has 1 aliphatic carbocycles. The summed E-state index contributed by atoms with van der Waals surface area (Å²) >= 11 is 0. The van der Waals surface area contributed by atoms with Crippen molar-refractivity contribution in [2.45, 2.75) is 83.8 Å². The summed E-state index contributed by atoms with van der Waals surface area (Å²) in [6.45, 7) is 6.39. The van der Waals surface area contributed by atoms with Gasteiger partial charge in [-0.1, -0.05) is 62.4 Å². The van der Waals surface area contributed by atoms with Crippen molar-refractivity contribution in [2.24, 2.45) is 16.9 Å². The fourth-order valence-electron chi connectivity index (χ4n) is 5.49. The van der Waals surface area contributed by atoms with Gasteiger partial charge in [0.05, 0.1) is 6.61 Å². The molecule has 1 saturated carbocycles. The van der Waals surface area contributed by atoms with Crippen LogP contribution in [-0.4, -0.2) is 51.7 Å². The van der Waals surface area contributed by atoms with Gasteiger partial charge in [-0.25, -0.2) is 14.8 Å². The maximum atomic E-state index is 13.9. The number of esters is 1. The van der Waals surface area contributed by atoms with Gasteiger partial charge in [-0.2, -0.15) is 5.10 Å². The number of ether oxygens (including phenoxy) is 1. The molecule has 8 heteroatoms. The van der Waals surface area contributed by atoms with Crippen LogP contribution in [0.2, 0.25) is 0 Å². The summed E-state index contributed by atoms with van der Waals surface area (Å²) in [4.78, 5) is 39.7. The Hall–Kier alpha value is -2.74. The molecule has 2 heterocycles. The maximum absolute atomic E-state index is 13.9. The highest BCUT2D eigenvalue weighted by atomic mass is 16.5. The van der Waals surface area contributed by atoms with E-state index < -0.39 is 23.5 Å². The number of hydrogen-bond donors (Lipinski definition) is 1. The van der Waals surface area contributed by atoms with E-state index in [0.29, 0.717) is 18.9 Å². The fraction of sp³-hybridized carbons (Fsp3) is 0.615. The second-order valence-corrected chi connectivity index (χ2v) is 10.2. The van der Waals surface area contributed by atoms with Crippen molar-refractivity contribution in [3.8, 4) is 0 Å². The normalized spacial score (nSPS) is 25.2. The summed E-state index contributed by atoms with van der Waals surface area (Å²) in [6, 6.07) is 9.05. The highest BCUT2D eigenvalue weighted by molar-refractivity contribution is 6.38. The first-order chi connectivity index (χ1) is 16.3. The van der Waals surface area contributed by atoms with Crippen LogP contribution < -0.4 is 5.43 Å². The van der Waals surface area contributed by atoms with Crippen LogP contribution in [0.15, 0.2) is 35.4 Å². The number of imide groups is 1. The first-order valence-electron chi connectivity index (χ1n) is 12.5. The first kappa shape index (κ1) is 24.4. The topological polar surface area (TPSA) is 91.3 Å². The summed E-state index contributed by atoms with van der Waals surface area (Å²) in [5, 5.41) is 7.41. The highest BCUT2D eigenvalue weighted by Gasteiger charge is 2.51. The molecule has 1 aromatic rings. The zero-order chi connectivity index (χ0) is 24.3. The molecule has 0 spiro atoms. The fourth-order valence-corrected chi connectivity index (χ4v) is 5.49. The van der Waals surface area contributed by atoms with Crippen molar-refractivity contribution < 1.29 is 19.1 Å². The number of amides is 2. The molecule has 3 aliphatic rings. The van der Waals surface area contributed by atoms with Gasteiger partial charge >= 0.3 is 5.97 Å². The number of hydrazone groups is 1. The van der Waals surface area contributed by atoms with E-state index >= 15 is 0 Å². The number of carbonyl (C=O) groups is 3. The van der Waals surface area contributed by atoms with Crippen LogP contribution in [0, 0.1) is 11.8 Å². The Morgan fingerprint density at radius 1 is 1.15 bits per heavy atom. The van der Waals surface area contributed by atoms with E-state index in [-0.39, 0.29) is 30.6 Å². The quantitative estimate of drug-likeness (QED) is 0.487. The second kappa shape index (κ2) is 10.3. The molecule has 2 amide bonds. The van der Waals surface area contributed by atoms with Crippen molar-refractivity contribution in [1.29, 1.82) is 0 Å². The Balaban J connectivity index is 1.59. The third-order valence-corrected chi connectivity index (χ3v) is 7.28. The van der Waals surface area contributed by atoms with Crippen molar-refractivity contribution in [3.63, 3.8) is 0 Å². The largest absolute Gasteiger partial charge is 0.461 e. The number of benzene rings is 1. The monoisotopic (exact) mass is 468 g/mol. The third-order valence-electron chi connectivity index (χ3n) is 7.28. The van der Waals surface area contributed by atoms with Gasteiger partial charge in [0.2, 0.25) is 5.91 Å². The molecule has 184 valence electrons. The van der Waals surface area contributed by atoms with Gasteiger partial charge in [-0.05, 0) is 38.7 Å². The van der Waals surface area contributed by atoms with Crippen molar-refractivity contribution in [1.82, 2.24) is 15.4 Å². The van der Waals surface area contributed by atoms with Gasteiger partial charge in [-0.3, -0.25) is 15.0 Å². The van der Waals surface area contributed by atoms with Crippen molar-refractivity contribution >= 4 is 23.5 Å². The van der Waals surface area contributed by atoms with E-state index in [1.54, 1.807) is 6.92 Å². The molecule has 0 aromatic heterocycles. The van der Waals surface area contributed by atoms with E-state index in [0.717, 1.165) is 18.4 Å². The molecule has 1 aromatic carbocycles. The van der Waals surface area contributed by atoms with Gasteiger partial charge in [0.1, 0.15) is 6.04 Å².